The second-order valence-corrected chi connectivity index (χ2v) is 6.29. The van der Waals surface area contributed by atoms with Gasteiger partial charge in [0.2, 0.25) is 0 Å². The second-order valence-electron chi connectivity index (χ2n) is 6.29. The highest BCUT2D eigenvalue weighted by atomic mass is 15.3. The van der Waals surface area contributed by atoms with Gasteiger partial charge in [-0.25, -0.2) is 14.5 Å². The Hall–Kier alpha value is -3.54. The van der Waals surface area contributed by atoms with Gasteiger partial charge >= 0.3 is 0 Å². The first-order chi connectivity index (χ1) is 12.8. The lowest BCUT2D eigenvalue weighted by molar-refractivity contribution is 0.894. The smallest absolute Gasteiger partial charge is 0.181 e. The summed E-state index contributed by atoms with van der Waals surface area (Å²) in [4.78, 5) is 17.0. The zero-order valence-corrected chi connectivity index (χ0v) is 14.2. The van der Waals surface area contributed by atoms with E-state index < -0.39 is 0 Å². The molecule has 0 fully saturated rings. The van der Waals surface area contributed by atoms with Crippen molar-refractivity contribution >= 4 is 16.7 Å². The molecule has 0 atom stereocenters. The van der Waals surface area contributed by atoms with Gasteiger partial charge in [0.05, 0.1) is 11.0 Å². The van der Waals surface area contributed by atoms with Crippen LogP contribution in [0.2, 0.25) is 0 Å². The Morgan fingerprint density at radius 3 is 2.81 bits per heavy atom. The Morgan fingerprint density at radius 1 is 1.04 bits per heavy atom. The van der Waals surface area contributed by atoms with Gasteiger partial charge < -0.3 is 4.98 Å². The molecule has 0 saturated heterocycles. The van der Waals surface area contributed by atoms with Crippen molar-refractivity contribution < 1.29 is 0 Å². The van der Waals surface area contributed by atoms with E-state index in [4.69, 9.17) is 4.98 Å². The first-order valence-electron chi connectivity index (χ1n) is 8.47. The van der Waals surface area contributed by atoms with E-state index in [9.17, 15) is 0 Å². The summed E-state index contributed by atoms with van der Waals surface area (Å²) in [5, 5.41) is 4.62. The van der Waals surface area contributed by atoms with E-state index in [1.807, 2.05) is 49.5 Å². The first-order valence-corrected chi connectivity index (χ1v) is 8.47. The maximum atomic E-state index is 4.73. The number of H-pyrrole nitrogens is 1. The molecule has 1 N–H and O–H groups in total. The minimum Gasteiger partial charge on any atom is -0.342 e. The molecule has 3 heterocycles. The lowest BCUT2D eigenvalue weighted by Gasteiger charge is -2.00. The molecule has 126 valence electrons. The number of hydrogen-bond donors (Lipinski definition) is 1. The van der Waals surface area contributed by atoms with Crippen LogP contribution in [0.15, 0.2) is 60.9 Å². The number of fused-ring (bicyclic) bond motifs is 2. The standard InChI is InChI=1S/C20H16N6/c1-13-22-16-8-7-14(11-17(16)23-13)12-18-24-20-19(15-5-3-2-4-6-15)21-9-10-26(20)25-18/h2-11H,12H2,1H3,(H,22,23). The first kappa shape index (κ1) is 14.8. The fraction of sp³-hybridized carbons (Fsp3) is 0.100. The molecule has 0 spiro atoms. The molecule has 0 radical (unpaired) electrons. The number of aromatic amines is 1. The maximum absolute atomic E-state index is 4.73. The number of nitrogens with zero attached hydrogens (tertiary/aromatic N) is 5. The Labute approximate surface area is 149 Å². The van der Waals surface area contributed by atoms with Gasteiger partial charge in [-0.15, -0.1) is 0 Å². The molecule has 0 unspecified atom stereocenters. The van der Waals surface area contributed by atoms with Gasteiger partial charge in [-0.2, -0.15) is 5.10 Å². The monoisotopic (exact) mass is 340 g/mol. The van der Waals surface area contributed by atoms with Gasteiger partial charge in [-0.05, 0) is 24.6 Å². The highest BCUT2D eigenvalue weighted by Gasteiger charge is 2.12. The molecule has 6 heteroatoms. The van der Waals surface area contributed by atoms with Crippen molar-refractivity contribution in [3.63, 3.8) is 0 Å². The average Bonchev–Trinajstić information content (AvgIpc) is 3.23. The van der Waals surface area contributed by atoms with Crippen LogP contribution in [0.3, 0.4) is 0 Å². The normalized spacial score (nSPS) is 11.4. The molecule has 2 aromatic carbocycles. The predicted molar refractivity (Wildman–Crippen MR) is 99.9 cm³/mol. The Balaban J connectivity index is 1.55. The van der Waals surface area contributed by atoms with Gasteiger partial charge in [0, 0.05) is 24.4 Å². The molecular weight excluding hydrogens is 324 g/mol. The van der Waals surface area contributed by atoms with Crippen LogP contribution >= 0.6 is 0 Å². The Kier molecular flexibility index (Phi) is 3.28. The number of rotatable bonds is 3. The van der Waals surface area contributed by atoms with E-state index >= 15 is 0 Å². The zero-order chi connectivity index (χ0) is 17.5. The molecule has 0 aliphatic heterocycles. The number of aryl methyl sites for hydroxylation is 1. The van der Waals surface area contributed by atoms with Crippen molar-refractivity contribution in [2.75, 3.05) is 0 Å². The number of nitrogens with one attached hydrogen (secondary N) is 1. The SMILES string of the molecule is Cc1nc2ccc(Cc3nc4c(-c5ccccc5)nccn4n3)cc2[nH]1. The minimum absolute atomic E-state index is 0.657. The summed E-state index contributed by atoms with van der Waals surface area (Å²) < 4.78 is 1.80. The predicted octanol–water partition coefficient (Wildman–Crippen LogP) is 3.57. The van der Waals surface area contributed by atoms with Crippen LogP contribution in [-0.4, -0.2) is 29.5 Å². The van der Waals surface area contributed by atoms with Gasteiger partial charge in [-0.3, -0.25) is 4.98 Å². The molecule has 0 aliphatic rings. The third-order valence-corrected chi connectivity index (χ3v) is 4.37. The van der Waals surface area contributed by atoms with E-state index in [-0.39, 0.29) is 0 Å². The van der Waals surface area contributed by atoms with Gasteiger partial charge in [0.1, 0.15) is 11.5 Å². The van der Waals surface area contributed by atoms with Gasteiger partial charge in [0.25, 0.3) is 0 Å². The Bertz CT molecular complexity index is 1220. The summed E-state index contributed by atoms with van der Waals surface area (Å²) >= 11 is 0. The lowest BCUT2D eigenvalue weighted by atomic mass is 10.1. The third kappa shape index (κ3) is 2.52. The van der Waals surface area contributed by atoms with Crippen LogP contribution in [0.1, 0.15) is 17.2 Å². The number of aromatic nitrogens is 6. The number of hydrogen-bond acceptors (Lipinski definition) is 4. The molecule has 0 bridgehead atoms. The van der Waals surface area contributed by atoms with Crippen LogP contribution in [0, 0.1) is 6.92 Å². The summed E-state index contributed by atoms with van der Waals surface area (Å²) in [7, 11) is 0. The minimum atomic E-state index is 0.657. The zero-order valence-electron chi connectivity index (χ0n) is 14.2. The maximum Gasteiger partial charge on any atom is 0.181 e. The van der Waals surface area contributed by atoms with E-state index in [0.717, 1.165) is 45.2 Å². The van der Waals surface area contributed by atoms with Crippen molar-refractivity contribution in [1.82, 2.24) is 29.5 Å². The molecular formula is C20H16N6. The molecule has 5 rings (SSSR count). The summed E-state index contributed by atoms with van der Waals surface area (Å²) in [5.41, 5.74) is 5.80. The average molecular weight is 340 g/mol. The second kappa shape index (κ2) is 5.77. The van der Waals surface area contributed by atoms with Crippen molar-refractivity contribution in [2.24, 2.45) is 0 Å². The van der Waals surface area contributed by atoms with Crippen LogP contribution in [0.5, 0.6) is 0 Å². The van der Waals surface area contributed by atoms with E-state index in [2.05, 4.69) is 32.2 Å². The highest BCUT2D eigenvalue weighted by Crippen LogP contribution is 2.21. The van der Waals surface area contributed by atoms with Gasteiger partial charge in [-0.1, -0.05) is 36.4 Å². The topological polar surface area (TPSA) is 71.8 Å². The van der Waals surface area contributed by atoms with E-state index in [1.54, 1.807) is 10.7 Å². The molecule has 5 aromatic rings. The van der Waals surface area contributed by atoms with Crippen LogP contribution in [0.4, 0.5) is 0 Å². The van der Waals surface area contributed by atoms with Crippen molar-refractivity contribution in [2.45, 2.75) is 13.3 Å². The van der Waals surface area contributed by atoms with Crippen LogP contribution in [-0.2, 0) is 6.42 Å². The molecule has 26 heavy (non-hydrogen) atoms. The summed E-state index contributed by atoms with van der Waals surface area (Å²) in [6, 6.07) is 16.3. The van der Waals surface area contributed by atoms with Gasteiger partial charge in [0.15, 0.2) is 11.5 Å². The molecule has 3 aromatic heterocycles. The van der Waals surface area contributed by atoms with E-state index in [1.165, 1.54) is 0 Å². The van der Waals surface area contributed by atoms with Crippen molar-refractivity contribution in [1.29, 1.82) is 0 Å². The molecule has 6 nitrogen and oxygen atoms in total. The van der Waals surface area contributed by atoms with Crippen LogP contribution < -0.4 is 0 Å². The summed E-state index contributed by atoms with van der Waals surface area (Å²) in [6.07, 6.45) is 4.25. The number of imidazole rings is 1. The Morgan fingerprint density at radius 2 is 1.92 bits per heavy atom. The van der Waals surface area contributed by atoms with Crippen LogP contribution in [0.25, 0.3) is 27.9 Å². The highest BCUT2D eigenvalue weighted by molar-refractivity contribution is 5.76. The molecule has 0 amide bonds. The lowest BCUT2D eigenvalue weighted by Crippen LogP contribution is -1.93. The molecule has 0 saturated carbocycles. The number of benzene rings is 2. The fourth-order valence-electron chi connectivity index (χ4n) is 3.21. The largest absolute Gasteiger partial charge is 0.342 e. The quantitative estimate of drug-likeness (QED) is 0.545. The molecule has 0 aliphatic carbocycles. The van der Waals surface area contributed by atoms with E-state index in [0.29, 0.717) is 6.42 Å². The third-order valence-electron chi connectivity index (χ3n) is 4.37. The summed E-state index contributed by atoms with van der Waals surface area (Å²) in [6.45, 7) is 1.96. The van der Waals surface area contributed by atoms with Crippen molar-refractivity contribution in [3.8, 4) is 11.3 Å². The van der Waals surface area contributed by atoms with Crippen molar-refractivity contribution in [3.05, 3.63) is 78.1 Å². The fourth-order valence-corrected chi connectivity index (χ4v) is 3.21. The summed E-state index contributed by atoms with van der Waals surface area (Å²) in [5.74, 6) is 1.69.